The van der Waals surface area contributed by atoms with Crippen LogP contribution in [-0.4, -0.2) is 48.3 Å². The molecule has 3 aliphatic rings. The molecular weight excluding hydrogens is 312 g/mol. The lowest BCUT2D eigenvalue weighted by Gasteiger charge is -2.21. The summed E-state index contributed by atoms with van der Waals surface area (Å²) in [6.45, 7) is -0.241. The summed E-state index contributed by atoms with van der Waals surface area (Å²) in [5.41, 5.74) is 0. The molecule has 0 aromatic heterocycles. The van der Waals surface area contributed by atoms with Gasteiger partial charge in [-0.1, -0.05) is 19.3 Å². The molecule has 1 saturated heterocycles. The van der Waals surface area contributed by atoms with E-state index in [0.717, 1.165) is 37.0 Å². The van der Waals surface area contributed by atoms with Crippen LogP contribution in [0, 0.1) is 17.8 Å². The van der Waals surface area contributed by atoms with Gasteiger partial charge in [-0.15, -0.1) is 0 Å². The number of methoxy groups -OCH3 is 1. The third kappa shape index (κ3) is 3.03. The van der Waals surface area contributed by atoms with Crippen LogP contribution >= 0.6 is 0 Å². The number of fused-ring (bicyclic) bond motifs is 1. The summed E-state index contributed by atoms with van der Waals surface area (Å²) in [5.74, 6) is -1.95. The van der Waals surface area contributed by atoms with E-state index in [-0.39, 0.29) is 54.0 Å². The number of hydrogen-bond donors (Lipinski definition) is 1. The highest BCUT2D eigenvalue weighted by atomic mass is 16.5. The number of nitrogens with one attached hydrogen (secondary N) is 1. The lowest BCUT2D eigenvalue weighted by molar-refractivity contribution is -0.147. The molecule has 132 valence electrons. The predicted molar refractivity (Wildman–Crippen MR) is 83.5 cm³/mol. The molecule has 4 atom stereocenters. The van der Waals surface area contributed by atoms with Gasteiger partial charge < -0.3 is 10.1 Å². The molecule has 7 nitrogen and oxygen atoms in total. The number of likely N-dealkylation sites (tertiary alicyclic amines) is 1. The Kier molecular flexibility index (Phi) is 4.87. The van der Waals surface area contributed by atoms with Crippen LogP contribution in [0.15, 0.2) is 0 Å². The number of hydrogen-bond acceptors (Lipinski definition) is 5. The van der Waals surface area contributed by atoms with Gasteiger partial charge in [-0.2, -0.15) is 0 Å². The van der Waals surface area contributed by atoms with Gasteiger partial charge in [0.2, 0.25) is 17.7 Å². The molecule has 0 spiro atoms. The summed E-state index contributed by atoms with van der Waals surface area (Å²) in [5, 5.41) is 2.81. The van der Waals surface area contributed by atoms with Crippen LogP contribution in [0.25, 0.3) is 0 Å². The van der Waals surface area contributed by atoms with Gasteiger partial charge in [0.25, 0.3) is 0 Å². The highest BCUT2D eigenvalue weighted by Gasteiger charge is 2.48. The lowest BCUT2D eigenvalue weighted by Crippen LogP contribution is -2.46. The number of imide groups is 1. The zero-order chi connectivity index (χ0) is 17.3. The van der Waals surface area contributed by atoms with E-state index < -0.39 is 0 Å². The maximum Gasteiger partial charge on any atom is 0.310 e. The second kappa shape index (κ2) is 6.91. The van der Waals surface area contributed by atoms with E-state index >= 15 is 0 Å². The molecule has 1 N–H and O–H groups in total. The molecule has 7 heteroatoms. The molecule has 2 aliphatic carbocycles. The van der Waals surface area contributed by atoms with Gasteiger partial charge in [0.15, 0.2) is 0 Å². The summed E-state index contributed by atoms with van der Waals surface area (Å²) in [6, 6.07) is -0.278. The largest absolute Gasteiger partial charge is 0.469 e. The molecule has 0 aromatic carbocycles. The predicted octanol–water partition coefficient (Wildman–Crippen LogP) is 0.619. The van der Waals surface area contributed by atoms with Crippen LogP contribution in [-0.2, 0) is 23.9 Å². The third-order valence-electron chi connectivity index (χ3n) is 5.60. The molecule has 0 bridgehead atoms. The average molecular weight is 336 g/mol. The molecule has 1 heterocycles. The monoisotopic (exact) mass is 336 g/mol. The molecule has 3 rings (SSSR count). The van der Waals surface area contributed by atoms with Crippen molar-refractivity contribution < 1.29 is 23.9 Å². The second-order valence-corrected chi connectivity index (χ2v) is 6.99. The Balaban J connectivity index is 1.59. The van der Waals surface area contributed by atoms with Crippen LogP contribution in [0.4, 0.5) is 0 Å². The maximum absolute atomic E-state index is 12.4. The average Bonchev–Trinajstić information content (AvgIpc) is 3.13. The summed E-state index contributed by atoms with van der Waals surface area (Å²) >= 11 is 0. The van der Waals surface area contributed by atoms with Gasteiger partial charge in [-0.05, 0) is 25.7 Å². The molecule has 3 fully saturated rings. The fourth-order valence-electron chi connectivity index (χ4n) is 4.35. The van der Waals surface area contributed by atoms with Gasteiger partial charge in [0, 0.05) is 6.04 Å². The first-order valence-electron chi connectivity index (χ1n) is 8.75. The Hall–Kier alpha value is -1.92. The maximum atomic E-state index is 12.4. The van der Waals surface area contributed by atoms with Crippen molar-refractivity contribution in [3.8, 4) is 0 Å². The molecule has 24 heavy (non-hydrogen) atoms. The van der Waals surface area contributed by atoms with E-state index in [1.807, 2.05) is 0 Å². The summed E-state index contributed by atoms with van der Waals surface area (Å²) in [6.07, 6.45) is 5.63. The van der Waals surface area contributed by atoms with E-state index in [0.29, 0.717) is 12.8 Å². The van der Waals surface area contributed by atoms with E-state index in [9.17, 15) is 19.2 Å². The van der Waals surface area contributed by atoms with Gasteiger partial charge >= 0.3 is 5.97 Å². The number of rotatable bonds is 4. The second-order valence-electron chi connectivity index (χ2n) is 6.99. The zero-order valence-corrected chi connectivity index (χ0v) is 14.0. The molecular formula is C17H24N2O5. The zero-order valence-electron chi connectivity index (χ0n) is 14.0. The fraction of sp³-hybridized carbons (Fsp3) is 0.765. The summed E-state index contributed by atoms with van der Waals surface area (Å²) in [7, 11) is 1.34. The molecule has 2 saturated carbocycles. The summed E-state index contributed by atoms with van der Waals surface area (Å²) in [4.78, 5) is 49.9. The van der Waals surface area contributed by atoms with Crippen molar-refractivity contribution in [2.24, 2.45) is 17.8 Å². The van der Waals surface area contributed by atoms with Crippen molar-refractivity contribution in [1.82, 2.24) is 10.2 Å². The van der Waals surface area contributed by atoms with Crippen LogP contribution < -0.4 is 5.32 Å². The molecule has 0 radical (unpaired) electrons. The van der Waals surface area contributed by atoms with Crippen molar-refractivity contribution in [3.05, 3.63) is 0 Å². The third-order valence-corrected chi connectivity index (χ3v) is 5.60. The van der Waals surface area contributed by atoms with Crippen molar-refractivity contribution in [3.63, 3.8) is 0 Å². The molecule has 3 amide bonds. The number of nitrogens with zero attached hydrogens (tertiary/aromatic N) is 1. The van der Waals surface area contributed by atoms with Crippen LogP contribution in [0.5, 0.6) is 0 Å². The first-order chi connectivity index (χ1) is 11.5. The number of carbonyl (C=O) groups is 4. The topological polar surface area (TPSA) is 92.8 Å². The Bertz CT molecular complexity index is 537. The van der Waals surface area contributed by atoms with Crippen molar-refractivity contribution in [1.29, 1.82) is 0 Å². The minimum absolute atomic E-state index is 0.212. The highest BCUT2D eigenvalue weighted by molar-refractivity contribution is 6.07. The van der Waals surface area contributed by atoms with Crippen molar-refractivity contribution in [2.75, 3.05) is 13.7 Å². The van der Waals surface area contributed by atoms with E-state index in [2.05, 4.69) is 5.32 Å². The Morgan fingerprint density at radius 2 is 1.67 bits per heavy atom. The SMILES string of the molecule is COC(=O)[C@@H]1CCC[C@@H]1NC(=O)CN1C(=O)[C@H]2CCCC[C@H]2C1=O. The minimum Gasteiger partial charge on any atom is -0.469 e. The van der Waals surface area contributed by atoms with Gasteiger partial charge in [0.1, 0.15) is 6.54 Å². The quantitative estimate of drug-likeness (QED) is 0.600. The fourth-order valence-corrected chi connectivity index (χ4v) is 4.35. The normalized spacial score (nSPS) is 32.6. The Morgan fingerprint density at radius 3 is 2.25 bits per heavy atom. The van der Waals surface area contributed by atoms with Crippen LogP contribution in [0.2, 0.25) is 0 Å². The van der Waals surface area contributed by atoms with Gasteiger partial charge in [-0.25, -0.2) is 0 Å². The summed E-state index contributed by atoms with van der Waals surface area (Å²) < 4.78 is 4.77. The van der Waals surface area contributed by atoms with E-state index in [1.54, 1.807) is 0 Å². The molecule has 0 aromatic rings. The molecule has 1 aliphatic heterocycles. The van der Waals surface area contributed by atoms with E-state index in [4.69, 9.17) is 4.74 Å². The van der Waals surface area contributed by atoms with Crippen LogP contribution in [0.3, 0.4) is 0 Å². The first-order valence-corrected chi connectivity index (χ1v) is 8.75. The van der Waals surface area contributed by atoms with Crippen molar-refractivity contribution in [2.45, 2.75) is 51.0 Å². The van der Waals surface area contributed by atoms with Crippen LogP contribution in [0.1, 0.15) is 44.9 Å². The number of carbonyl (C=O) groups excluding carboxylic acids is 4. The standard InChI is InChI=1S/C17H24N2O5/c1-24-17(23)12-7-4-8-13(12)18-14(20)9-19-15(21)10-5-2-3-6-11(10)16(19)22/h10-13H,2-9H2,1H3,(H,18,20)/t10-,11+,12-,13+/m1/s1. The van der Waals surface area contributed by atoms with Gasteiger partial charge in [0.05, 0.1) is 24.9 Å². The smallest absolute Gasteiger partial charge is 0.310 e. The number of amides is 3. The Labute approximate surface area is 141 Å². The van der Waals surface area contributed by atoms with Crippen molar-refractivity contribution >= 4 is 23.7 Å². The Morgan fingerprint density at radius 1 is 1.04 bits per heavy atom. The van der Waals surface area contributed by atoms with Gasteiger partial charge in [-0.3, -0.25) is 24.1 Å². The number of esters is 1. The lowest BCUT2D eigenvalue weighted by atomic mass is 9.81. The number of ether oxygens (including phenoxy) is 1. The first kappa shape index (κ1) is 16.9. The highest BCUT2D eigenvalue weighted by Crippen LogP contribution is 2.37. The minimum atomic E-state index is -0.379. The molecule has 0 unspecified atom stereocenters. The van der Waals surface area contributed by atoms with E-state index in [1.165, 1.54) is 7.11 Å².